The van der Waals surface area contributed by atoms with Crippen LogP contribution in [0, 0.1) is 15.5 Å². The van der Waals surface area contributed by atoms with Gasteiger partial charge in [-0.1, -0.05) is 23.9 Å². The average Bonchev–Trinajstić information content (AvgIpc) is 2.48. The van der Waals surface area contributed by atoms with E-state index in [9.17, 15) is 14.9 Å². The van der Waals surface area contributed by atoms with E-state index in [1.165, 1.54) is 19.2 Å². The maximum absolute atomic E-state index is 12.4. The van der Waals surface area contributed by atoms with E-state index >= 15 is 0 Å². The van der Waals surface area contributed by atoms with Crippen LogP contribution in [0.1, 0.15) is 16.2 Å². The SMILES string of the molecule is CNC(=O)c1c(CSC(=N)N)n([O-])c2ccccc2[n+]1=O. The van der Waals surface area contributed by atoms with Crippen molar-refractivity contribution in [3.63, 3.8) is 0 Å². The van der Waals surface area contributed by atoms with Gasteiger partial charge in [0, 0.05) is 23.8 Å². The van der Waals surface area contributed by atoms with Crippen LogP contribution in [0.5, 0.6) is 0 Å². The highest BCUT2D eigenvalue weighted by atomic mass is 32.2. The third kappa shape index (κ3) is 2.68. The maximum Gasteiger partial charge on any atom is 0.347 e. The Labute approximate surface area is 123 Å². The van der Waals surface area contributed by atoms with Crippen LogP contribution in [0.4, 0.5) is 0 Å². The number of fused-ring (bicyclic) bond motifs is 1. The van der Waals surface area contributed by atoms with Crippen LogP contribution in [0.15, 0.2) is 24.3 Å². The molecule has 0 aliphatic rings. The Bertz CT molecular complexity index is 786. The number of nitrogens with one attached hydrogen (secondary N) is 2. The lowest BCUT2D eigenvalue weighted by Gasteiger charge is -2.18. The maximum atomic E-state index is 12.4. The molecular formula is C12H13N5O3S. The number of rotatable bonds is 3. The number of hydrogen-bond donors (Lipinski definition) is 3. The minimum absolute atomic E-state index is 0.0387. The van der Waals surface area contributed by atoms with Gasteiger partial charge in [0.1, 0.15) is 11.2 Å². The van der Waals surface area contributed by atoms with E-state index < -0.39 is 5.91 Å². The van der Waals surface area contributed by atoms with Crippen molar-refractivity contribution in [1.82, 2.24) is 10.0 Å². The van der Waals surface area contributed by atoms with Crippen molar-refractivity contribution in [1.29, 1.82) is 5.41 Å². The van der Waals surface area contributed by atoms with Crippen LogP contribution < -0.4 is 15.5 Å². The Morgan fingerprint density at radius 2 is 2.19 bits per heavy atom. The summed E-state index contributed by atoms with van der Waals surface area (Å²) >= 11 is 0.866. The molecule has 0 saturated carbocycles. The minimum atomic E-state index is -0.667. The Hall–Kier alpha value is -2.55. The summed E-state index contributed by atoms with van der Waals surface area (Å²) in [6.07, 6.45) is 0. The van der Waals surface area contributed by atoms with Crippen LogP contribution in [0.2, 0.25) is 0 Å². The highest BCUT2D eigenvalue weighted by molar-refractivity contribution is 8.13. The second-order valence-corrected chi connectivity index (χ2v) is 5.12. The summed E-state index contributed by atoms with van der Waals surface area (Å²) in [5.74, 6) is -0.714. The summed E-state index contributed by atoms with van der Waals surface area (Å²) in [7, 11) is 1.37. The molecule has 1 heterocycles. The van der Waals surface area contributed by atoms with Crippen LogP contribution in [0.25, 0.3) is 11.0 Å². The zero-order valence-corrected chi connectivity index (χ0v) is 11.9. The minimum Gasteiger partial charge on any atom is -0.805 e. The van der Waals surface area contributed by atoms with Gasteiger partial charge in [-0.15, -0.1) is 0 Å². The smallest absolute Gasteiger partial charge is 0.347 e. The number of amidine groups is 1. The average molecular weight is 307 g/mol. The molecule has 1 aromatic heterocycles. The molecule has 2 aromatic rings. The van der Waals surface area contributed by atoms with Gasteiger partial charge in [-0.25, -0.2) is 0 Å². The van der Waals surface area contributed by atoms with Crippen LogP contribution in [-0.2, 0) is 5.75 Å². The number of thioether (sulfide) groups is 1. The van der Waals surface area contributed by atoms with E-state index in [1.807, 2.05) is 0 Å². The van der Waals surface area contributed by atoms with E-state index in [1.54, 1.807) is 12.1 Å². The Morgan fingerprint density at radius 3 is 2.81 bits per heavy atom. The van der Waals surface area contributed by atoms with Crippen molar-refractivity contribution >= 4 is 33.9 Å². The molecule has 0 bridgehead atoms. The van der Waals surface area contributed by atoms with Gasteiger partial charge in [0.05, 0.1) is 4.43 Å². The lowest BCUT2D eigenvalue weighted by Crippen LogP contribution is -2.36. The normalized spacial score (nSPS) is 10.5. The number of para-hydroxylation sites is 2. The monoisotopic (exact) mass is 307 g/mol. The molecule has 1 aromatic carbocycles. The van der Waals surface area contributed by atoms with Gasteiger partial charge in [0.25, 0.3) is 5.52 Å². The number of benzene rings is 1. The van der Waals surface area contributed by atoms with Gasteiger partial charge in [-0.3, -0.25) is 10.2 Å². The first kappa shape index (κ1) is 14.9. The zero-order chi connectivity index (χ0) is 15.6. The molecule has 4 N–H and O–H groups in total. The molecule has 1 amide bonds. The number of aromatic nitrogens is 2. The fourth-order valence-corrected chi connectivity index (χ4v) is 2.45. The number of nitrogens with two attached hydrogens (primary N) is 1. The molecule has 0 radical (unpaired) electrons. The zero-order valence-electron chi connectivity index (χ0n) is 11.1. The number of nitrogens with zero attached hydrogens (tertiary/aromatic N) is 2. The summed E-state index contributed by atoms with van der Waals surface area (Å²) in [5.41, 5.74) is 5.17. The highest BCUT2D eigenvalue weighted by Crippen LogP contribution is 2.19. The fourth-order valence-electron chi connectivity index (χ4n) is 1.90. The number of hydrogen-bond acceptors (Lipinski definition) is 5. The van der Waals surface area contributed by atoms with Gasteiger partial charge in [0.15, 0.2) is 5.17 Å². The quantitative estimate of drug-likeness (QED) is 0.429. The summed E-state index contributed by atoms with van der Waals surface area (Å²) in [5, 5.41) is 21.7. The van der Waals surface area contributed by atoms with Crippen molar-refractivity contribution in [3.8, 4) is 0 Å². The van der Waals surface area contributed by atoms with Crippen molar-refractivity contribution in [2.75, 3.05) is 7.05 Å². The molecular weight excluding hydrogens is 294 g/mol. The predicted molar refractivity (Wildman–Crippen MR) is 80.7 cm³/mol. The predicted octanol–water partition coefficient (Wildman–Crippen LogP) is 0.388. The van der Waals surface area contributed by atoms with Gasteiger partial charge in [-0.05, 0) is 6.07 Å². The van der Waals surface area contributed by atoms with E-state index in [0.717, 1.165) is 11.8 Å². The van der Waals surface area contributed by atoms with Crippen LogP contribution in [0.3, 0.4) is 0 Å². The molecule has 0 unspecified atom stereocenters. The fraction of sp³-hybridized carbons (Fsp3) is 0.167. The summed E-state index contributed by atoms with van der Waals surface area (Å²) in [6.45, 7) is 0. The van der Waals surface area contributed by atoms with Gasteiger partial charge < -0.3 is 21.0 Å². The highest BCUT2D eigenvalue weighted by Gasteiger charge is 2.28. The first-order valence-electron chi connectivity index (χ1n) is 5.93. The molecule has 0 spiro atoms. The molecule has 21 heavy (non-hydrogen) atoms. The number of amides is 1. The summed E-state index contributed by atoms with van der Waals surface area (Å²) < 4.78 is 0.961. The standard InChI is InChI=1S/C12H13N5O3S/c1-15-11(18)10-9(6-21-12(13)14)16(19)7-4-2-3-5-8(7)17(10)20/h2-5H,6H2,1H3,(H3,13,14)(H,15,18). The van der Waals surface area contributed by atoms with Gasteiger partial charge in [0.2, 0.25) is 0 Å². The molecule has 9 heteroatoms. The molecule has 0 fully saturated rings. The number of carbonyl (C=O) groups is 1. The van der Waals surface area contributed by atoms with E-state index in [0.29, 0.717) is 9.16 Å². The second-order valence-electron chi connectivity index (χ2n) is 4.10. The van der Waals surface area contributed by atoms with Crippen LogP contribution in [-0.4, -0.2) is 22.9 Å². The topological polar surface area (TPSA) is 130 Å². The molecule has 0 aliphatic heterocycles. The largest absolute Gasteiger partial charge is 0.805 e. The molecule has 0 atom stereocenters. The van der Waals surface area contributed by atoms with Gasteiger partial charge in [-0.2, -0.15) is 0 Å². The Morgan fingerprint density at radius 1 is 1.52 bits per heavy atom. The van der Waals surface area contributed by atoms with Gasteiger partial charge >= 0.3 is 11.6 Å². The lowest BCUT2D eigenvalue weighted by atomic mass is 10.2. The van der Waals surface area contributed by atoms with Crippen LogP contribution >= 0.6 is 11.8 Å². The van der Waals surface area contributed by atoms with E-state index in [2.05, 4.69) is 5.32 Å². The molecule has 0 saturated heterocycles. The molecule has 110 valence electrons. The van der Waals surface area contributed by atoms with Crippen molar-refractivity contribution in [3.05, 3.63) is 45.8 Å². The molecule has 2 rings (SSSR count). The number of carbonyl (C=O) groups excluding carboxylic acids is 1. The Kier molecular flexibility index (Phi) is 4.13. The van der Waals surface area contributed by atoms with Crippen molar-refractivity contribution < 1.29 is 9.22 Å². The van der Waals surface area contributed by atoms with Crippen molar-refractivity contribution in [2.24, 2.45) is 5.73 Å². The second kappa shape index (κ2) is 5.83. The lowest BCUT2D eigenvalue weighted by molar-refractivity contribution is -0.468. The summed E-state index contributed by atoms with van der Waals surface area (Å²) in [4.78, 5) is 24.3. The third-order valence-corrected chi connectivity index (χ3v) is 3.58. The van der Waals surface area contributed by atoms with E-state index in [-0.39, 0.29) is 33.3 Å². The summed E-state index contributed by atoms with van der Waals surface area (Å²) in [6, 6.07) is 6.18. The Balaban J connectivity index is 2.79. The van der Waals surface area contributed by atoms with E-state index in [4.69, 9.17) is 11.1 Å². The first-order chi connectivity index (χ1) is 9.97. The molecule has 8 nitrogen and oxygen atoms in total. The first-order valence-corrected chi connectivity index (χ1v) is 6.91. The van der Waals surface area contributed by atoms with Crippen molar-refractivity contribution in [2.45, 2.75) is 5.75 Å². The molecule has 0 aliphatic carbocycles. The third-order valence-electron chi connectivity index (χ3n) is 2.85.